The fourth-order valence-electron chi connectivity index (χ4n) is 4.47. The smallest absolute Gasteiger partial charge is 0.261 e. The third-order valence-electron chi connectivity index (χ3n) is 6.49. The summed E-state index contributed by atoms with van der Waals surface area (Å²) in [6.07, 6.45) is 12.4. The number of fused-ring (bicyclic) bond motifs is 1. The molecule has 0 unspecified atom stereocenters. The minimum atomic E-state index is -1.38. The number of benzene rings is 1. The third-order valence-corrected chi connectivity index (χ3v) is 6.49. The van der Waals surface area contributed by atoms with Crippen molar-refractivity contribution in [3.63, 3.8) is 0 Å². The van der Waals surface area contributed by atoms with Crippen molar-refractivity contribution >= 4 is 11.8 Å². The molecular weight excluding hydrogens is 406 g/mol. The lowest BCUT2D eigenvalue weighted by Crippen LogP contribution is -2.53. The molecule has 0 aliphatic carbocycles. The third kappa shape index (κ3) is 7.39. The fourth-order valence-corrected chi connectivity index (χ4v) is 4.47. The Labute approximate surface area is 192 Å². The Hall–Kier alpha value is -1.76. The molecule has 180 valence electrons. The van der Waals surface area contributed by atoms with Crippen molar-refractivity contribution in [2.45, 2.75) is 109 Å². The van der Waals surface area contributed by atoms with Gasteiger partial charge in [0.05, 0.1) is 29.9 Å². The summed E-state index contributed by atoms with van der Waals surface area (Å²) in [5.74, 6) is -1.08. The standard InChI is InChI=1S/C26H41NO5/c1-2-3-4-5-6-7-8-9-10-11-12-13-18-23(29)24(30)22(19-28)27-25(31)20-16-14-15-17-21(20)26(27)32/h14-17,22-24,28-30H,2-13,18-19H2,1H3/t22-,23+,24+/m0/s1. The van der Waals surface area contributed by atoms with Crippen LogP contribution in [0.3, 0.4) is 0 Å². The summed E-state index contributed by atoms with van der Waals surface area (Å²) >= 11 is 0. The summed E-state index contributed by atoms with van der Waals surface area (Å²) in [5.41, 5.74) is 0.525. The number of amides is 2. The second-order valence-corrected chi connectivity index (χ2v) is 9.01. The summed E-state index contributed by atoms with van der Waals surface area (Å²) in [6, 6.07) is 5.29. The van der Waals surface area contributed by atoms with Gasteiger partial charge in [-0.1, -0.05) is 96.1 Å². The number of nitrogens with zero attached hydrogens (tertiary/aromatic N) is 1. The summed E-state index contributed by atoms with van der Waals surface area (Å²) in [6.45, 7) is 1.64. The number of hydrogen-bond acceptors (Lipinski definition) is 5. The number of aliphatic hydroxyl groups is 3. The molecule has 1 heterocycles. The van der Waals surface area contributed by atoms with E-state index in [0.29, 0.717) is 6.42 Å². The van der Waals surface area contributed by atoms with Crippen molar-refractivity contribution in [2.75, 3.05) is 6.61 Å². The maximum Gasteiger partial charge on any atom is 0.261 e. The van der Waals surface area contributed by atoms with Crippen LogP contribution in [0.25, 0.3) is 0 Å². The zero-order valence-corrected chi connectivity index (χ0v) is 19.5. The van der Waals surface area contributed by atoms with Gasteiger partial charge in [-0.25, -0.2) is 0 Å². The van der Waals surface area contributed by atoms with Crippen LogP contribution >= 0.6 is 0 Å². The number of carbonyl (C=O) groups is 2. The second-order valence-electron chi connectivity index (χ2n) is 9.01. The van der Waals surface area contributed by atoms with Crippen molar-refractivity contribution in [1.82, 2.24) is 4.90 Å². The average molecular weight is 448 g/mol. The van der Waals surface area contributed by atoms with E-state index in [4.69, 9.17) is 0 Å². The molecule has 3 atom stereocenters. The van der Waals surface area contributed by atoms with Crippen LogP contribution < -0.4 is 0 Å². The first-order valence-corrected chi connectivity index (χ1v) is 12.5. The Bertz CT molecular complexity index is 672. The van der Waals surface area contributed by atoms with Crippen LogP contribution in [-0.4, -0.2) is 56.9 Å². The number of aliphatic hydroxyl groups excluding tert-OH is 3. The number of rotatable bonds is 17. The van der Waals surface area contributed by atoms with Gasteiger partial charge in [0.2, 0.25) is 0 Å². The summed E-state index contributed by atoms with van der Waals surface area (Å²) in [7, 11) is 0. The van der Waals surface area contributed by atoms with Crippen molar-refractivity contribution < 1.29 is 24.9 Å². The predicted octanol–water partition coefficient (Wildman–Crippen LogP) is 4.46. The molecule has 3 N–H and O–H groups in total. The molecule has 0 saturated heterocycles. The molecule has 2 rings (SSSR count). The maximum absolute atomic E-state index is 12.6. The van der Waals surface area contributed by atoms with Gasteiger partial charge in [0.25, 0.3) is 11.8 Å². The van der Waals surface area contributed by atoms with Gasteiger partial charge in [0.15, 0.2) is 0 Å². The largest absolute Gasteiger partial charge is 0.394 e. The van der Waals surface area contributed by atoms with Crippen molar-refractivity contribution in [3.8, 4) is 0 Å². The van der Waals surface area contributed by atoms with E-state index in [1.165, 1.54) is 57.8 Å². The molecule has 2 amide bonds. The molecule has 1 aromatic carbocycles. The normalized spacial score (nSPS) is 16.3. The number of imide groups is 1. The van der Waals surface area contributed by atoms with Gasteiger partial charge in [-0.15, -0.1) is 0 Å². The minimum absolute atomic E-state index is 0.263. The molecule has 0 fully saturated rings. The van der Waals surface area contributed by atoms with Crippen LogP contribution in [0.15, 0.2) is 24.3 Å². The molecule has 0 spiro atoms. The van der Waals surface area contributed by atoms with Crippen LogP contribution in [0.2, 0.25) is 0 Å². The lowest BCUT2D eigenvalue weighted by Gasteiger charge is -2.31. The molecule has 0 aromatic heterocycles. The van der Waals surface area contributed by atoms with Gasteiger partial charge >= 0.3 is 0 Å². The first-order valence-electron chi connectivity index (χ1n) is 12.5. The van der Waals surface area contributed by atoms with Gasteiger partial charge in [0, 0.05) is 0 Å². The van der Waals surface area contributed by atoms with Crippen molar-refractivity contribution in [2.24, 2.45) is 0 Å². The lowest BCUT2D eigenvalue weighted by atomic mass is 9.98. The quantitative estimate of drug-likeness (QED) is 0.242. The van der Waals surface area contributed by atoms with Gasteiger partial charge in [-0.05, 0) is 18.6 Å². The molecule has 32 heavy (non-hydrogen) atoms. The van der Waals surface area contributed by atoms with Crippen LogP contribution in [0.5, 0.6) is 0 Å². The topological polar surface area (TPSA) is 98.1 Å². The highest BCUT2D eigenvalue weighted by Crippen LogP contribution is 2.26. The molecule has 0 bridgehead atoms. The van der Waals surface area contributed by atoms with Crippen LogP contribution in [0.4, 0.5) is 0 Å². The number of hydrogen-bond donors (Lipinski definition) is 3. The first-order chi connectivity index (χ1) is 15.5. The SMILES string of the molecule is CCCCCCCCCCCCCC[C@@H](O)[C@H](O)[C@H](CO)N1C(=O)c2ccccc2C1=O. The van der Waals surface area contributed by atoms with E-state index in [2.05, 4.69) is 6.92 Å². The first kappa shape index (κ1) is 26.5. The van der Waals surface area contributed by atoms with Gasteiger partial charge < -0.3 is 15.3 Å². The van der Waals surface area contributed by atoms with Crippen molar-refractivity contribution in [3.05, 3.63) is 35.4 Å². The average Bonchev–Trinajstić information content (AvgIpc) is 3.05. The highest BCUT2D eigenvalue weighted by atomic mass is 16.3. The monoisotopic (exact) mass is 447 g/mol. The molecule has 0 radical (unpaired) electrons. The Kier molecular flexibility index (Phi) is 11.9. The summed E-state index contributed by atoms with van der Waals surface area (Å²) in [4.78, 5) is 26.1. The lowest BCUT2D eigenvalue weighted by molar-refractivity contribution is -0.0441. The van der Waals surface area contributed by atoms with E-state index in [9.17, 15) is 24.9 Å². The predicted molar refractivity (Wildman–Crippen MR) is 126 cm³/mol. The fraction of sp³-hybridized carbons (Fsp3) is 0.692. The Morgan fingerprint density at radius 3 is 1.62 bits per heavy atom. The van der Waals surface area contributed by atoms with Gasteiger partial charge in [-0.2, -0.15) is 0 Å². The van der Waals surface area contributed by atoms with Crippen LogP contribution in [0.1, 0.15) is 111 Å². The summed E-state index contributed by atoms with van der Waals surface area (Å²) in [5, 5.41) is 30.8. The van der Waals surface area contributed by atoms with Crippen LogP contribution in [-0.2, 0) is 0 Å². The Morgan fingerprint density at radius 1 is 0.750 bits per heavy atom. The zero-order chi connectivity index (χ0) is 23.3. The Morgan fingerprint density at radius 2 is 1.19 bits per heavy atom. The molecule has 6 nitrogen and oxygen atoms in total. The van der Waals surface area contributed by atoms with E-state index >= 15 is 0 Å². The van der Waals surface area contributed by atoms with Crippen molar-refractivity contribution in [1.29, 1.82) is 0 Å². The van der Waals surface area contributed by atoms with Crippen LogP contribution in [0, 0.1) is 0 Å². The maximum atomic E-state index is 12.6. The second kappa shape index (κ2) is 14.4. The van der Waals surface area contributed by atoms with E-state index in [0.717, 1.165) is 24.2 Å². The summed E-state index contributed by atoms with van der Waals surface area (Å²) < 4.78 is 0. The highest BCUT2D eigenvalue weighted by Gasteiger charge is 2.43. The Balaban J connectivity index is 1.65. The van der Waals surface area contributed by atoms with Gasteiger partial charge in [0.1, 0.15) is 6.10 Å². The molecule has 6 heteroatoms. The number of unbranched alkanes of at least 4 members (excludes halogenated alkanes) is 11. The van der Waals surface area contributed by atoms with E-state index in [1.54, 1.807) is 24.3 Å². The molecule has 0 saturated carbocycles. The molecule has 1 aromatic rings. The number of carbonyl (C=O) groups excluding carboxylic acids is 2. The van der Waals surface area contributed by atoms with Gasteiger partial charge in [-0.3, -0.25) is 14.5 Å². The molecule has 1 aliphatic rings. The van der Waals surface area contributed by atoms with E-state index < -0.39 is 36.7 Å². The molecule has 1 aliphatic heterocycles. The highest BCUT2D eigenvalue weighted by molar-refractivity contribution is 6.21. The van der Waals surface area contributed by atoms with E-state index in [-0.39, 0.29) is 11.1 Å². The molecular formula is C26H41NO5. The zero-order valence-electron chi connectivity index (χ0n) is 19.5. The van der Waals surface area contributed by atoms with E-state index in [1.807, 2.05) is 0 Å². The minimum Gasteiger partial charge on any atom is -0.394 e.